The summed E-state index contributed by atoms with van der Waals surface area (Å²) in [5.74, 6) is -0.465. The second kappa shape index (κ2) is 5.44. The van der Waals surface area contributed by atoms with E-state index in [1.165, 1.54) is 0 Å². The van der Waals surface area contributed by atoms with E-state index in [4.69, 9.17) is 11.6 Å². The molecule has 21 heavy (non-hydrogen) atoms. The van der Waals surface area contributed by atoms with Crippen LogP contribution in [0.15, 0.2) is 59.5 Å². The Hall–Kier alpha value is -1.36. The van der Waals surface area contributed by atoms with Gasteiger partial charge in [-0.25, -0.2) is 8.42 Å². The van der Waals surface area contributed by atoms with E-state index in [2.05, 4.69) is 0 Å². The molecule has 3 rings (SSSR count). The lowest BCUT2D eigenvalue weighted by Crippen LogP contribution is -2.11. The van der Waals surface area contributed by atoms with E-state index < -0.39 is 15.1 Å². The Morgan fingerprint density at radius 2 is 1.76 bits per heavy atom. The lowest BCUT2D eigenvalue weighted by Gasteiger charge is -2.04. The van der Waals surface area contributed by atoms with Crippen molar-refractivity contribution < 1.29 is 13.5 Å². The van der Waals surface area contributed by atoms with Crippen LogP contribution in [0.4, 0.5) is 0 Å². The minimum atomic E-state index is -3.44. The van der Waals surface area contributed by atoms with E-state index in [1.807, 2.05) is 6.07 Å². The molecular formula is C16H15ClO3S. The molecule has 0 bridgehead atoms. The number of aliphatic hydroxyl groups is 1. The predicted octanol–water partition coefficient (Wildman–Crippen LogP) is 2.89. The molecule has 0 spiro atoms. The minimum absolute atomic E-state index is 0.145. The smallest absolute Gasteiger partial charge is 0.182 e. The van der Waals surface area contributed by atoms with Crippen LogP contribution < -0.4 is 0 Å². The summed E-state index contributed by atoms with van der Waals surface area (Å²) in [5, 5.41) is 9.49. The van der Waals surface area contributed by atoms with Gasteiger partial charge in [-0.2, -0.15) is 0 Å². The molecule has 0 aromatic heterocycles. The van der Waals surface area contributed by atoms with Crippen molar-refractivity contribution >= 4 is 21.4 Å². The maximum Gasteiger partial charge on any atom is 0.182 e. The third-order valence-corrected chi connectivity index (χ3v) is 6.49. The fraction of sp³-hybridized carbons (Fsp3) is 0.250. The minimum Gasteiger partial charge on any atom is -0.396 e. The molecule has 1 aliphatic carbocycles. The third kappa shape index (κ3) is 2.59. The summed E-state index contributed by atoms with van der Waals surface area (Å²) in [6.07, 6.45) is 0. The zero-order valence-electron chi connectivity index (χ0n) is 11.2. The Kier molecular flexibility index (Phi) is 3.78. The van der Waals surface area contributed by atoms with E-state index in [-0.39, 0.29) is 18.4 Å². The number of benzene rings is 2. The van der Waals surface area contributed by atoms with Crippen molar-refractivity contribution in [1.29, 1.82) is 0 Å². The van der Waals surface area contributed by atoms with Crippen molar-refractivity contribution in [2.24, 2.45) is 5.92 Å². The first-order valence-corrected chi connectivity index (χ1v) is 8.63. The quantitative estimate of drug-likeness (QED) is 0.941. The van der Waals surface area contributed by atoms with Crippen LogP contribution >= 0.6 is 11.6 Å². The van der Waals surface area contributed by atoms with Gasteiger partial charge in [-0.15, -0.1) is 0 Å². The van der Waals surface area contributed by atoms with Crippen LogP contribution in [0, 0.1) is 5.92 Å². The molecule has 0 unspecified atom stereocenters. The largest absolute Gasteiger partial charge is 0.396 e. The fourth-order valence-corrected chi connectivity index (χ4v) is 5.32. The van der Waals surface area contributed by atoms with Crippen LogP contribution in [0.2, 0.25) is 5.02 Å². The predicted molar refractivity (Wildman–Crippen MR) is 82.2 cm³/mol. The van der Waals surface area contributed by atoms with E-state index in [0.717, 1.165) is 5.56 Å². The topological polar surface area (TPSA) is 54.4 Å². The molecular weight excluding hydrogens is 308 g/mol. The van der Waals surface area contributed by atoms with Crippen molar-refractivity contribution in [3.05, 3.63) is 65.2 Å². The molecule has 1 fully saturated rings. The summed E-state index contributed by atoms with van der Waals surface area (Å²) >= 11 is 5.97. The molecule has 1 N–H and O–H groups in total. The fourth-order valence-electron chi connectivity index (χ4n) is 2.90. The second-order valence-corrected chi connectivity index (χ2v) is 7.79. The Labute approximate surface area is 129 Å². The van der Waals surface area contributed by atoms with Gasteiger partial charge in [0.25, 0.3) is 0 Å². The van der Waals surface area contributed by atoms with Crippen LogP contribution in [0.3, 0.4) is 0 Å². The van der Waals surface area contributed by atoms with Crippen molar-refractivity contribution in [3.63, 3.8) is 0 Å². The Balaban J connectivity index is 1.96. The van der Waals surface area contributed by atoms with Crippen LogP contribution in [0.1, 0.15) is 11.5 Å². The average molecular weight is 323 g/mol. The summed E-state index contributed by atoms with van der Waals surface area (Å²) in [6.45, 7) is -0.145. The zero-order chi connectivity index (χ0) is 15.0. The molecule has 2 aromatic rings. The summed E-state index contributed by atoms with van der Waals surface area (Å²) < 4.78 is 25.4. The summed E-state index contributed by atoms with van der Waals surface area (Å²) in [4.78, 5) is 0.304. The molecule has 3 atom stereocenters. The van der Waals surface area contributed by atoms with E-state index in [1.54, 1.807) is 48.5 Å². The number of sulfone groups is 1. The Morgan fingerprint density at radius 1 is 1.05 bits per heavy atom. The first-order chi connectivity index (χ1) is 10.1. The van der Waals surface area contributed by atoms with Gasteiger partial charge in [-0.3, -0.25) is 0 Å². The van der Waals surface area contributed by atoms with Gasteiger partial charge in [0.2, 0.25) is 0 Å². The van der Waals surface area contributed by atoms with Crippen LogP contribution in [0.25, 0.3) is 0 Å². The molecule has 5 heteroatoms. The first-order valence-electron chi connectivity index (χ1n) is 6.71. The maximum absolute atomic E-state index is 12.7. The van der Waals surface area contributed by atoms with Crippen molar-refractivity contribution in [2.75, 3.05) is 6.61 Å². The van der Waals surface area contributed by atoms with Gasteiger partial charge in [-0.1, -0.05) is 41.9 Å². The van der Waals surface area contributed by atoms with Crippen molar-refractivity contribution in [3.8, 4) is 0 Å². The second-order valence-electron chi connectivity index (χ2n) is 5.25. The molecule has 0 heterocycles. The first kappa shape index (κ1) is 14.6. The zero-order valence-corrected chi connectivity index (χ0v) is 12.8. The molecule has 1 aliphatic rings. The summed E-state index contributed by atoms with van der Waals surface area (Å²) in [7, 11) is -3.44. The average Bonchev–Trinajstić information content (AvgIpc) is 3.23. The highest BCUT2D eigenvalue weighted by Crippen LogP contribution is 2.53. The Morgan fingerprint density at radius 3 is 2.38 bits per heavy atom. The SMILES string of the molecule is O=S(=O)(c1ccccc1)[C@H]1[C@H](CO)[C@@H]1c1cccc(Cl)c1. The normalized spacial score (nSPS) is 24.8. The molecule has 0 aliphatic heterocycles. The molecule has 0 saturated heterocycles. The van der Waals surface area contributed by atoms with Gasteiger partial charge in [0.05, 0.1) is 10.1 Å². The third-order valence-electron chi connectivity index (χ3n) is 3.97. The lowest BCUT2D eigenvalue weighted by atomic mass is 10.1. The number of hydrogen-bond acceptors (Lipinski definition) is 3. The molecule has 1 saturated carbocycles. The summed E-state index contributed by atoms with van der Waals surface area (Å²) in [5.41, 5.74) is 0.867. The molecule has 0 radical (unpaired) electrons. The molecule has 110 valence electrons. The van der Waals surface area contributed by atoms with Crippen LogP contribution in [0.5, 0.6) is 0 Å². The lowest BCUT2D eigenvalue weighted by molar-refractivity contribution is 0.274. The monoisotopic (exact) mass is 322 g/mol. The van der Waals surface area contributed by atoms with Crippen LogP contribution in [-0.2, 0) is 9.84 Å². The number of hydrogen-bond donors (Lipinski definition) is 1. The Bertz CT molecular complexity index is 743. The van der Waals surface area contributed by atoms with Gasteiger partial charge >= 0.3 is 0 Å². The highest BCUT2D eigenvalue weighted by molar-refractivity contribution is 7.92. The number of halogens is 1. The van der Waals surface area contributed by atoms with Gasteiger partial charge in [-0.05, 0) is 29.8 Å². The van der Waals surface area contributed by atoms with Crippen molar-refractivity contribution in [2.45, 2.75) is 16.1 Å². The van der Waals surface area contributed by atoms with Gasteiger partial charge < -0.3 is 5.11 Å². The van der Waals surface area contributed by atoms with Gasteiger partial charge in [0, 0.05) is 23.5 Å². The van der Waals surface area contributed by atoms with E-state index >= 15 is 0 Å². The van der Waals surface area contributed by atoms with Gasteiger partial charge in [0.1, 0.15) is 0 Å². The highest BCUT2D eigenvalue weighted by Gasteiger charge is 2.58. The number of aliphatic hydroxyl groups excluding tert-OH is 1. The molecule has 0 amide bonds. The maximum atomic E-state index is 12.7. The van der Waals surface area contributed by atoms with Crippen molar-refractivity contribution in [1.82, 2.24) is 0 Å². The van der Waals surface area contributed by atoms with Crippen LogP contribution in [-0.4, -0.2) is 25.4 Å². The van der Waals surface area contributed by atoms with E-state index in [0.29, 0.717) is 9.92 Å². The van der Waals surface area contributed by atoms with Gasteiger partial charge in [0.15, 0.2) is 9.84 Å². The van der Waals surface area contributed by atoms with E-state index in [9.17, 15) is 13.5 Å². The number of rotatable bonds is 4. The standard InChI is InChI=1S/C16H15ClO3S/c17-12-6-4-5-11(9-12)15-14(10-18)16(15)21(19,20)13-7-2-1-3-8-13/h1-9,14-16,18H,10H2/t14-,15+,16+/m1/s1. The summed E-state index contributed by atoms with van der Waals surface area (Å²) in [6, 6.07) is 15.6. The molecule has 3 nitrogen and oxygen atoms in total. The molecule has 2 aromatic carbocycles. The highest BCUT2D eigenvalue weighted by atomic mass is 35.5.